The van der Waals surface area contributed by atoms with Crippen molar-refractivity contribution in [2.75, 3.05) is 19.0 Å². The van der Waals surface area contributed by atoms with E-state index in [0.29, 0.717) is 25.4 Å². The molecule has 7 heteroatoms. The van der Waals surface area contributed by atoms with E-state index in [4.69, 9.17) is 4.74 Å². The highest BCUT2D eigenvalue weighted by Crippen LogP contribution is 2.25. The average molecular weight is 330 g/mol. The number of methoxy groups -OCH3 is 1. The van der Waals surface area contributed by atoms with Crippen molar-refractivity contribution in [2.45, 2.75) is 13.1 Å². The highest BCUT2D eigenvalue weighted by Gasteiger charge is 2.07. The SMILES string of the molecule is COCCn1cc(NC(=O)NCc2csc3ccccc23)cn1. The number of urea groups is 1. The van der Waals surface area contributed by atoms with Gasteiger partial charge in [0.15, 0.2) is 0 Å². The number of fused-ring (bicyclic) bond motifs is 1. The topological polar surface area (TPSA) is 68.2 Å². The van der Waals surface area contributed by atoms with Gasteiger partial charge >= 0.3 is 6.03 Å². The fraction of sp³-hybridized carbons (Fsp3) is 0.250. The number of carbonyl (C=O) groups excluding carboxylic acids is 1. The Morgan fingerprint density at radius 1 is 1.39 bits per heavy atom. The molecule has 6 nitrogen and oxygen atoms in total. The minimum Gasteiger partial charge on any atom is -0.383 e. The number of benzene rings is 1. The molecule has 2 heterocycles. The molecule has 1 aromatic carbocycles. The van der Waals surface area contributed by atoms with Gasteiger partial charge in [-0.05, 0) is 22.4 Å². The van der Waals surface area contributed by atoms with E-state index in [1.54, 1.807) is 35.5 Å². The second kappa shape index (κ2) is 7.26. The number of amides is 2. The molecule has 2 amide bonds. The van der Waals surface area contributed by atoms with Crippen molar-refractivity contribution in [3.8, 4) is 0 Å². The van der Waals surface area contributed by atoms with Gasteiger partial charge in [-0.2, -0.15) is 5.10 Å². The van der Waals surface area contributed by atoms with Gasteiger partial charge in [-0.25, -0.2) is 4.79 Å². The third kappa shape index (κ3) is 3.88. The zero-order chi connectivity index (χ0) is 16.1. The zero-order valence-corrected chi connectivity index (χ0v) is 13.6. The Labute approximate surface area is 138 Å². The van der Waals surface area contributed by atoms with Gasteiger partial charge in [0.05, 0.1) is 25.0 Å². The van der Waals surface area contributed by atoms with E-state index in [9.17, 15) is 4.79 Å². The van der Waals surface area contributed by atoms with E-state index in [0.717, 1.165) is 5.56 Å². The van der Waals surface area contributed by atoms with Crippen molar-refractivity contribution in [3.63, 3.8) is 0 Å². The number of nitrogens with one attached hydrogen (secondary N) is 2. The molecule has 0 unspecified atom stereocenters. The van der Waals surface area contributed by atoms with Crippen molar-refractivity contribution < 1.29 is 9.53 Å². The fourth-order valence-corrected chi connectivity index (χ4v) is 3.22. The number of nitrogens with zero attached hydrogens (tertiary/aromatic N) is 2. The molecule has 0 spiro atoms. The van der Waals surface area contributed by atoms with Crippen molar-refractivity contribution in [3.05, 3.63) is 47.6 Å². The Balaban J connectivity index is 1.54. The second-order valence-electron chi connectivity index (χ2n) is 5.05. The first-order valence-corrected chi connectivity index (χ1v) is 8.15. The first-order chi connectivity index (χ1) is 11.3. The van der Waals surface area contributed by atoms with Gasteiger partial charge in [-0.1, -0.05) is 18.2 Å². The van der Waals surface area contributed by atoms with Crippen LogP contribution in [0.2, 0.25) is 0 Å². The third-order valence-corrected chi connectivity index (χ3v) is 4.43. The molecule has 0 bridgehead atoms. The first kappa shape index (κ1) is 15.5. The summed E-state index contributed by atoms with van der Waals surface area (Å²) in [6.45, 7) is 1.73. The zero-order valence-electron chi connectivity index (χ0n) is 12.8. The van der Waals surface area contributed by atoms with Crippen LogP contribution in [0.3, 0.4) is 0 Å². The minimum absolute atomic E-state index is 0.244. The van der Waals surface area contributed by atoms with E-state index in [2.05, 4.69) is 33.2 Å². The molecule has 2 aromatic heterocycles. The number of thiophene rings is 1. The molecule has 0 saturated heterocycles. The fourth-order valence-electron chi connectivity index (χ4n) is 2.26. The van der Waals surface area contributed by atoms with Gasteiger partial charge in [-0.15, -0.1) is 11.3 Å². The molecule has 0 aliphatic carbocycles. The molecule has 3 aromatic rings. The number of carbonyl (C=O) groups is 1. The van der Waals surface area contributed by atoms with Gasteiger partial charge in [0, 0.05) is 24.6 Å². The summed E-state index contributed by atoms with van der Waals surface area (Å²) in [5.41, 5.74) is 1.78. The molecule has 0 saturated carbocycles. The molecule has 3 rings (SSSR count). The normalized spacial score (nSPS) is 10.8. The van der Waals surface area contributed by atoms with Gasteiger partial charge in [-0.3, -0.25) is 4.68 Å². The van der Waals surface area contributed by atoms with Gasteiger partial charge in [0.2, 0.25) is 0 Å². The van der Waals surface area contributed by atoms with E-state index in [1.807, 2.05) is 12.1 Å². The Hall–Kier alpha value is -2.38. The molecule has 0 aliphatic rings. The largest absolute Gasteiger partial charge is 0.383 e. The van der Waals surface area contributed by atoms with Gasteiger partial charge in [0.1, 0.15) is 0 Å². The van der Waals surface area contributed by atoms with Crippen LogP contribution in [0.5, 0.6) is 0 Å². The summed E-state index contributed by atoms with van der Waals surface area (Å²) in [4.78, 5) is 12.0. The standard InChI is InChI=1S/C16H18N4O2S/c1-22-7-6-20-10-13(9-18-20)19-16(21)17-8-12-11-23-15-5-3-2-4-14(12)15/h2-5,9-11H,6-8H2,1H3,(H2,17,19,21). The van der Waals surface area contributed by atoms with Crippen molar-refractivity contribution >= 4 is 33.1 Å². The lowest BCUT2D eigenvalue weighted by Crippen LogP contribution is -2.27. The minimum atomic E-state index is -0.244. The predicted octanol–water partition coefficient (Wildman–Crippen LogP) is 3.07. The smallest absolute Gasteiger partial charge is 0.319 e. The molecule has 0 fully saturated rings. The summed E-state index contributed by atoms with van der Waals surface area (Å²) in [5, 5.41) is 13.1. The summed E-state index contributed by atoms with van der Waals surface area (Å²) >= 11 is 1.68. The second-order valence-corrected chi connectivity index (χ2v) is 5.96. The number of anilines is 1. The number of hydrogen-bond donors (Lipinski definition) is 2. The Kier molecular flexibility index (Phi) is 4.89. The lowest BCUT2D eigenvalue weighted by Gasteiger charge is -2.05. The molecule has 120 valence electrons. The Morgan fingerprint density at radius 2 is 2.26 bits per heavy atom. The van der Waals surface area contributed by atoms with E-state index in [-0.39, 0.29) is 6.03 Å². The number of aromatic nitrogens is 2. The third-order valence-electron chi connectivity index (χ3n) is 3.42. The van der Waals surface area contributed by atoms with E-state index in [1.165, 1.54) is 10.1 Å². The highest BCUT2D eigenvalue weighted by atomic mass is 32.1. The van der Waals surface area contributed by atoms with Crippen molar-refractivity contribution in [2.24, 2.45) is 0 Å². The Bertz CT molecular complexity index is 796. The summed E-state index contributed by atoms with van der Waals surface area (Å²) in [5.74, 6) is 0. The van der Waals surface area contributed by atoms with E-state index < -0.39 is 0 Å². The van der Waals surface area contributed by atoms with Crippen LogP contribution in [-0.4, -0.2) is 29.5 Å². The van der Waals surface area contributed by atoms with E-state index >= 15 is 0 Å². The summed E-state index contributed by atoms with van der Waals surface area (Å²) in [7, 11) is 1.64. The molecule has 2 N–H and O–H groups in total. The van der Waals surface area contributed by atoms with Crippen LogP contribution in [0.15, 0.2) is 42.0 Å². The molecule has 0 atom stereocenters. The average Bonchev–Trinajstić information content (AvgIpc) is 3.18. The molecular weight excluding hydrogens is 312 g/mol. The van der Waals surface area contributed by atoms with Gasteiger partial charge < -0.3 is 15.4 Å². The van der Waals surface area contributed by atoms with Gasteiger partial charge in [0.25, 0.3) is 0 Å². The predicted molar refractivity (Wildman–Crippen MR) is 91.8 cm³/mol. The number of hydrogen-bond acceptors (Lipinski definition) is 4. The van der Waals surface area contributed by atoms with Crippen molar-refractivity contribution in [1.29, 1.82) is 0 Å². The van der Waals surface area contributed by atoms with Crippen molar-refractivity contribution in [1.82, 2.24) is 15.1 Å². The maximum Gasteiger partial charge on any atom is 0.319 e. The lowest BCUT2D eigenvalue weighted by molar-refractivity contribution is 0.183. The van der Waals surface area contributed by atoms with Crippen LogP contribution < -0.4 is 10.6 Å². The molecule has 0 radical (unpaired) electrons. The molecular formula is C16H18N4O2S. The summed E-state index contributed by atoms with van der Waals surface area (Å²) in [6.07, 6.45) is 3.40. The van der Waals surface area contributed by atoms with Crippen LogP contribution in [0.1, 0.15) is 5.56 Å². The van der Waals surface area contributed by atoms with Crippen LogP contribution in [0, 0.1) is 0 Å². The van der Waals surface area contributed by atoms with Crippen LogP contribution in [0.4, 0.5) is 10.5 Å². The number of ether oxygens (including phenoxy) is 1. The molecule has 0 aliphatic heterocycles. The first-order valence-electron chi connectivity index (χ1n) is 7.27. The van der Waals surface area contributed by atoms with Crippen LogP contribution in [0.25, 0.3) is 10.1 Å². The number of rotatable bonds is 6. The molecule has 23 heavy (non-hydrogen) atoms. The van der Waals surface area contributed by atoms with Crippen LogP contribution in [-0.2, 0) is 17.8 Å². The van der Waals surface area contributed by atoms with Crippen LogP contribution >= 0.6 is 11.3 Å². The summed E-state index contributed by atoms with van der Waals surface area (Å²) in [6, 6.07) is 7.93. The lowest BCUT2D eigenvalue weighted by atomic mass is 10.2. The maximum atomic E-state index is 12.0. The highest BCUT2D eigenvalue weighted by molar-refractivity contribution is 7.17. The summed E-state index contributed by atoms with van der Waals surface area (Å²) < 4.78 is 7.95. The Morgan fingerprint density at radius 3 is 3.13 bits per heavy atom. The monoisotopic (exact) mass is 330 g/mol. The quantitative estimate of drug-likeness (QED) is 0.730. The maximum absolute atomic E-state index is 12.0.